The van der Waals surface area contributed by atoms with Crippen LogP contribution in [0.5, 0.6) is 0 Å². The van der Waals surface area contributed by atoms with Gasteiger partial charge in [0.1, 0.15) is 0 Å². The topological polar surface area (TPSA) is 43.4 Å². The van der Waals surface area contributed by atoms with Crippen molar-refractivity contribution in [3.8, 4) is 0 Å². The first kappa shape index (κ1) is 8.24. The van der Waals surface area contributed by atoms with Crippen molar-refractivity contribution in [1.82, 2.24) is 0 Å². The molecule has 0 N–H and O–H groups in total. The third-order valence-corrected chi connectivity index (χ3v) is 2.22. The van der Waals surface area contributed by atoms with Gasteiger partial charge in [-0.05, 0) is 11.8 Å². The Bertz CT molecular complexity index is 180. The fraction of sp³-hybridized carbons (Fsp3) is 0.750. The van der Waals surface area contributed by atoms with Crippen molar-refractivity contribution < 1.29 is 14.3 Å². The summed E-state index contributed by atoms with van der Waals surface area (Å²) in [6, 6.07) is 0. The lowest BCUT2D eigenvalue weighted by molar-refractivity contribution is -0.168. The Hall–Kier alpha value is -0.860. The van der Waals surface area contributed by atoms with E-state index in [-0.39, 0.29) is 17.4 Å². The number of ether oxygens (including phenoxy) is 1. The fourth-order valence-corrected chi connectivity index (χ4v) is 1.21. The molecular weight excluding hydrogens is 144 g/mol. The van der Waals surface area contributed by atoms with E-state index in [0.29, 0.717) is 12.8 Å². The van der Waals surface area contributed by atoms with Crippen LogP contribution in [-0.2, 0) is 14.3 Å². The molecule has 1 aliphatic rings. The predicted molar refractivity (Wildman–Crippen MR) is 38.7 cm³/mol. The average molecular weight is 156 g/mol. The normalized spacial score (nSPS) is 23.1. The molecule has 0 saturated carbocycles. The average Bonchev–Trinajstić information content (AvgIpc) is 1.84. The summed E-state index contributed by atoms with van der Waals surface area (Å²) in [4.78, 5) is 21.6. The van der Waals surface area contributed by atoms with Crippen LogP contribution in [-0.4, -0.2) is 11.9 Å². The highest BCUT2D eigenvalue weighted by atomic mass is 16.6. The lowest BCUT2D eigenvalue weighted by Gasteiger charge is -2.29. The molecule has 0 bridgehead atoms. The van der Waals surface area contributed by atoms with E-state index in [0.717, 1.165) is 6.42 Å². The summed E-state index contributed by atoms with van der Waals surface area (Å²) in [5, 5.41) is 0. The number of cyclic esters (lactones) is 2. The summed E-state index contributed by atoms with van der Waals surface area (Å²) >= 11 is 0. The largest absolute Gasteiger partial charge is 0.393 e. The van der Waals surface area contributed by atoms with Crippen molar-refractivity contribution >= 4 is 11.9 Å². The molecule has 1 saturated heterocycles. The quantitative estimate of drug-likeness (QED) is 0.424. The zero-order chi connectivity index (χ0) is 8.48. The van der Waals surface area contributed by atoms with Gasteiger partial charge in [0, 0.05) is 0 Å². The second kappa shape index (κ2) is 2.64. The van der Waals surface area contributed by atoms with E-state index < -0.39 is 0 Å². The van der Waals surface area contributed by atoms with Crippen molar-refractivity contribution in [2.24, 2.45) is 5.41 Å². The molecular formula is C8H12O3. The van der Waals surface area contributed by atoms with E-state index in [1.165, 1.54) is 0 Å². The molecule has 0 spiro atoms. The number of rotatable bonds is 1. The number of hydrogen-bond acceptors (Lipinski definition) is 3. The maximum atomic E-state index is 10.8. The Kier molecular flexibility index (Phi) is 1.98. The van der Waals surface area contributed by atoms with Crippen LogP contribution in [0.15, 0.2) is 0 Å². The van der Waals surface area contributed by atoms with E-state index in [2.05, 4.69) is 4.74 Å². The van der Waals surface area contributed by atoms with Gasteiger partial charge in [0.15, 0.2) is 0 Å². The molecule has 3 heteroatoms. The van der Waals surface area contributed by atoms with Crippen LogP contribution < -0.4 is 0 Å². The van der Waals surface area contributed by atoms with Crippen LogP contribution in [0.25, 0.3) is 0 Å². The number of hydrogen-bond donors (Lipinski definition) is 0. The van der Waals surface area contributed by atoms with E-state index in [1.54, 1.807) is 0 Å². The van der Waals surface area contributed by atoms with Gasteiger partial charge in [-0.2, -0.15) is 0 Å². The highest BCUT2D eigenvalue weighted by Gasteiger charge is 2.35. The zero-order valence-corrected chi connectivity index (χ0v) is 6.85. The summed E-state index contributed by atoms with van der Waals surface area (Å²) in [6.07, 6.45) is 1.58. The van der Waals surface area contributed by atoms with Gasteiger partial charge in [-0.25, -0.2) is 0 Å². The Morgan fingerprint density at radius 3 is 2.18 bits per heavy atom. The first-order valence-electron chi connectivity index (χ1n) is 3.79. The minimum absolute atomic E-state index is 0.160. The molecule has 1 rings (SSSR count). The number of carbonyl (C=O) groups is 2. The predicted octanol–water partition coefficient (Wildman–Crippen LogP) is 1.27. The maximum absolute atomic E-state index is 10.8. The third kappa shape index (κ3) is 1.79. The van der Waals surface area contributed by atoms with Crippen LogP contribution in [0.1, 0.15) is 33.1 Å². The fourth-order valence-electron chi connectivity index (χ4n) is 1.21. The second-order valence-corrected chi connectivity index (χ2v) is 3.36. The lowest BCUT2D eigenvalue weighted by atomic mass is 9.79. The minimum Gasteiger partial charge on any atom is -0.393 e. The molecule has 0 aromatic heterocycles. The molecule has 62 valence electrons. The first-order valence-corrected chi connectivity index (χ1v) is 3.79. The SMILES string of the molecule is CCC1(C)CC(=O)OC(=O)C1. The van der Waals surface area contributed by atoms with Gasteiger partial charge < -0.3 is 4.74 Å². The molecule has 1 heterocycles. The van der Waals surface area contributed by atoms with Crippen LogP contribution >= 0.6 is 0 Å². The Morgan fingerprint density at radius 1 is 1.36 bits per heavy atom. The summed E-state index contributed by atoms with van der Waals surface area (Å²) in [7, 11) is 0. The van der Waals surface area contributed by atoms with E-state index in [9.17, 15) is 9.59 Å². The van der Waals surface area contributed by atoms with E-state index in [1.807, 2.05) is 13.8 Å². The molecule has 0 atom stereocenters. The Labute approximate surface area is 65.7 Å². The molecule has 11 heavy (non-hydrogen) atoms. The number of carbonyl (C=O) groups excluding carboxylic acids is 2. The van der Waals surface area contributed by atoms with Gasteiger partial charge in [-0.3, -0.25) is 9.59 Å². The van der Waals surface area contributed by atoms with Crippen molar-refractivity contribution in [2.45, 2.75) is 33.1 Å². The van der Waals surface area contributed by atoms with Gasteiger partial charge in [0.25, 0.3) is 0 Å². The van der Waals surface area contributed by atoms with Crippen molar-refractivity contribution in [1.29, 1.82) is 0 Å². The van der Waals surface area contributed by atoms with Gasteiger partial charge in [0.05, 0.1) is 12.8 Å². The Balaban J connectivity index is 2.70. The maximum Gasteiger partial charge on any atom is 0.314 e. The smallest absolute Gasteiger partial charge is 0.314 e. The number of esters is 2. The van der Waals surface area contributed by atoms with Crippen LogP contribution in [0.4, 0.5) is 0 Å². The van der Waals surface area contributed by atoms with Crippen LogP contribution in [0, 0.1) is 5.41 Å². The molecule has 1 fully saturated rings. The van der Waals surface area contributed by atoms with Gasteiger partial charge in [0.2, 0.25) is 0 Å². The first-order chi connectivity index (χ1) is 5.06. The molecule has 0 aromatic carbocycles. The van der Waals surface area contributed by atoms with Crippen LogP contribution in [0.3, 0.4) is 0 Å². The second-order valence-electron chi connectivity index (χ2n) is 3.36. The summed E-state index contributed by atoms with van der Waals surface area (Å²) < 4.78 is 4.41. The zero-order valence-electron chi connectivity index (χ0n) is 6.85. The molecule has 0 aliphatic carbocycles. The monoisotopic (exact) mass is 156 g/mol. The highest BCUT2D eigenvalue weighted by Crippen LogP contribution is 2.33. The van der Waals surface area contributed by atoms with Crippen molar-refractivity contribution in [3.05, 3.63) is 0 Å². The van der Waals surface area contributed by atoms with Crippen molar-refractivity contribution in [2.75, 3.05) is 0 Å². The third-order valence-electron chi connectivity index (χ3n) is 2.22. The van der Waals surface area contributed by atoms with E-state index in [4.69, 9.17) is 0 Å². The van der Waals surface area contributed by atoms with Gasteiger partial charge >= 0.3 is 11.9 Å². The molecule has 0 unspecified atom stereocenters. The van der Waals surface area contributed by atoms with Crippen molar-refractivity contribution in [3.63, 3.8) is 0 Å². The summed E-state index contributed by atoms with van der Waals surface area (Å²) in [5.74, 6) is -0.767. The molecule has 0 radical (unpaired) electrons. The standard InChI is InChI=1S/C8H12O3/c1-3-8(2)4-6(9)11-7(10)5-8/h3-5H2,1-2H3. The summed E-state index contributed by atoms with van der Waals surface area (Å²) in [6.45, 7) is 3.91. The molecule has 1 aliphatic heterocycles. The summed E-state index contributed by atoms with van der Waals surface area (Å²) in [5.41, 5.74) is -0.160. The van der Waals surface area contributed by atoms with E-state index >= 15 is 0 Å². The Morgan fingerprint density at radius 2 is 1.82 bits per heavy atom. The molecule has 3 nitrogen and oxygen atoms in total. The van der Waals surface area contributed by atoms with Gasteiger partial charge in [-0.15, -0.1) is 0 Å². The van der Waals surface area contributed by atoms with Crippen LogP contribution in [0.2, 0.25) is 0 Å². The highest BCUT2D eigenvalue weighted by molar-refractivity contribution is 5.89. The lowest BCUT2D eigenvalue weighted by Crippen LogP contribution is -2.32. The van der Waals surface area contributed by atoms with Gasteiger partial charge in [-0.1, -0.05) is 13.8 Å². The molecule has 0 aromatic rings. The molecule has 0 amide bonds. The minimum atomic E-state index is -0.384.